The minimum Gasteiger partial charge on any atom is -0.346 e. The molecule has 0 aliphatic carbocycles. The maximum Gasteiger partial charge on any atom is 0.294 e. The summed E-state index contributed by atoms with van der Waals surface area (Å²) in [5.74, 6) is -0.641. The van der Waals surface area contributed by atoms with E-state index in [1.807, 2.05) is 31.2 Å². The van der Waals surface area contributed by atoms with Gasteiger partial charge >= 0.3 is 0 Å². The third-order valence-corrected chi connectivity index (χ3v) is 4.20. The fourth-order valence-electron chi connectivity index (χ4n) is 2.72. The Hall–Kier alpha value is -3.81. The Labute approximate surface area is 160 Å². The number of amides is 1. The summed E-state index contributed by atoms with van der Waals surface area (Å²) in [5, 5.41) is 18.1. The quantitative estimate of drug-likeness (QED) is 0.542. The number of hydrogen-bond acceptors (Lipinski definition) is 5. The maximum atomic E-state index is 12.5. The highest BCUT2D eigenvalue weighted by Gasteiger charge is 2.20. The van der Waals surface area contributed by atoms with Crippen LogP contribution in [0.5, 0.6) is 0 Å². The zero-order valence-electron chi connectivity index (χ0n) is 15.4. The van der Waals surface area contributed by atoms with Gasteiger partial charge in [0.2, 0.25) is 5.43 Å². The molecule has 1 amide bonds. The number of nitro groups is 1. The van der Waals surface area contributed by atoms with Crippen molar-refractivity contribution in [2.45, 2.75) is 20.4 Å². The van der Waals surface area contributed by atoms with Crippen LogP contribution in [0.3, 0.4) is 0 Å². The molecule has 8 nitrogen and oxygen atoms in total. The highest BCUT2D eigenvalue weighted by Crippen LogP contribution is 2.22. The first kappa shape index (κ1) is 19.0. The Morgan fingerprint density at radius 1 is 1.14 bits per heavy atom. The smallest absolute Gasteiger partial charge is 0.294 e. The largest absolute Gasteiger partial charge is 0.346 e. The molecule has 142 valence electrons. The topological polar surface area (TPSA) is 107 Å². The van der Waals surface area contributed by atoms with Crippen molar-refractivity contribution in [2.24, 2.45) is 0 Å². The molecule has 1 heterocycles. The lowest BCUT2D eigenvalue weighted by Gasteiger charge is -2.11. The van der Waals surface area contributed by atoms with E-state index >= 15 is 0 Å². The number of carbonyl (C=O) groups excluding carboxylic acids is 1. The molecular weight excluding hydrogens is 360 g/mol. The molecule has 28 heavy (non-hydrogen) atoms. The summed E-state index contributed by atoms with van der Waals surface area (Å²) in [6.07, 6.45) is 0. The number of aryl methyl sites for hydroxylation is 2. The number of benzene rings is 2. The lowest BCUT2D eigenvalue weighted by atomic mass is 10.1. The van der Waals surface area contributed by atoms with Crippen molar-refractivity contribution in [1.29, 1.82) is 0 Å². The molecule has 3 aromatic rings. The van der Waals surface area contributed by atoms with Crippen LogP contribution in [0.1, 0.15) is 27.3 Å². The molecule has 0 saturated heterocycles. The van der Waals surface area contributed by atoms with Gasteiger partial charge in [0.15, 0.2) is 5.69 Å². The summed E-state index contributed by atoms with van der Waals surface area (Å²) >= 11 is 0. The number of aromatic nitrogens is 2. The third kappa shape index (κ3) is 3.96. The van der Waals surface area contributed by atoms with Gasteiger partial charge in [-0.2, -0.15) is 5.10 Å². The number of para-hydroxylation sites is 2. The van der Waals surface area contributed by atoms with Crippen LogP contribution < -0.4 is 10.7 Å². The number of carbonyl (C=O) groups is 1. The Morgan fingerprint density at radius 2 is 1.82 bits per heavy atom. The molecule has 0 atom stereocenters. The first-order valence-corrected chi connectivity index (χ1v) is 8.55. The zero-order valence-corrected chi connectivity index (χ0v) is 15.4. The predicted molar refractivity (Wildman–Crippen MR) is 104 cm³/mol. The van der Waals surface area contributed by atoms with Crippen LogP contribution >= 0.6 is 0 Å². The number of nitrogens with one attached hydrogen (secondary N) is 1. The summed E-state index contributed by atoms with van der Waals surface area (Å²) in [6, 6.07) is 14.9. The number of rotatable bonds is 5. The number of hydrogen-bond donors (Lipinski definition) is 1. The van der Waals surface area contributed by atoms with Gasteiger partial charge in [-0.1, -0.05) is 42.0 Å². The molecule has 0 saturated carbocycles. The van der Waals surface area contributed by atoms with Gasteiger partial charge in [-0.3, -0.25) is 19.7 Å². The molecule has 1 aromatic heterocycles. The van der Waals surface area contributed by atoms with Crippen molar-refractivity contribution < 1.29 is 9.72 Å². The van der Waals surface area contributed by atoms with Crippen LogP contribution in [0.15, 0.2) is 59.4 Å². The van der Waals surface area contributed by atoms with Crippen LogP contribution in [-0.2, 0) is 6.54 Å². The Kier molecular flexibility index (Phi) is 5.30. The van der Waals surface area contributed by atoms with Gasteiger partial charge in [0.25, 0.3) is 11.6 Å². The van der Waals surface area contributed by atoms with Crippen molar-refractivity contribution in [1.82, 2.24) is 15.1 Å². The minimum atomic E-state index is -0.641. The highest BCUT2D eigenvalue weighted by molar-refractivity contribution is 5.92. The Bertz CT molecular complexity index is 1100. The van der Waals surface area contributed by atoms with E-state index in [-0.39, 0.29) is 23.6 Å². The summed E-state index contributed by atoms with van der Waals surface area (Å²) < 4.78 is 1.24. The minimum absolute atomic E-state index is 0.173. The summed E-state index contributed by atoms with van der Waals surface area (Å²) in [7, 11) is 0. The van der Waals surface area contributed by atoms with E-state index in [2.05, 4.69) is 10.4 Å². The standard InChI is InChI=1S/C20H18N4O4/c1-13-7-9-15(10-8-13)12-21-20(26)19-18(25)11-14(2)23(22-19)16-5-3-4-6-17(16)24(27)28/h3-11H,12H2,1-2H3,(H,21,26). The van der Waals surface area contributed by atoms with Crippen molar-refractivity contribution in [3.05, 3.63) is 97.4 Å². The fourth-order valence-corrected chi connectivity index (χ4v) is 2.72. The lowest BCUT2D eigenvalue weighted by molar-refractivity contribution is -0.384. The van der Waals surface area contributed by atoms with Gasteiger partial charge in [0.1, 0.15) is 5.69 Å². The van der Waals surface area contributed by atoms with Gasteiger partial charge < -0.3 is 5.32 Å². The highest BCUT2D eigenvalue weighted by atomic mass is 16.6. The van der Waals surface area contributed by atoms with Crippen LogP contribution in [0.25, 0.3) is 5.69 Å². The van der Waals surface area contributed by atoms with Crippen molar-refractivity contribution in [3.8, 4) is 5.69 Å². The first-order chi connectivity index (χ1) is 13.4. The van der Waals surface area contributed by atoms with Crippen LogP contribution in [-0.4, -0.2) is 20.6 Å². The van der Waals surface area contributed by atoms with Gasteiger partial charge in [-0.25, -0.2) is 4.68 Å². The second kappa shape index (κ2) is 7.83. The normalized spacial score (nSPS) is 10.5. The second-order valence-corrected chi connectivity index (χ2v) is 6.32. The molecule has 1 N–H and O–H groups in total. The van der Waals surface area contributed by atoms with Crippen LogP contribution in [0.2, 0.25) is 0 Å². The summed E-state index contributed by atoms with van der Waals surface area (Å²) in [6.45, 7) is 3.79. The number of nitrogens with zero attached hydrogens (tertiary/aromatic N) is 3. The van der Waals surface area contributed by atoms with E-state index < -0.39 is 16.3 Å². The molecule has 8 heteroatoms. The second-order valence-electron chi connectivity index (χ2n) is 6.32. The molecule has 0 aliphatic heterocycles. The van der Waals surface area contributed by atoms with Crippen LogP contribution in [0.4, 0.5) is 5.69 Å². The zero-order chi connectivity index (χ0) is 20.3. The molecule has 0 fully saturated rings. The lowest BCUT2D eigenvalue weighted by Crippen LogP contribution is -2.31. The van der Waals surface area contributed by atoms with Gasteiger partial charge in [0.05, 0.1) is 4.92 Å². The molecule has 2 aromatic carbocycles. The van der Waals surface area contributed by atoms with E-state index in [4.69, 9.17) is 0 Å². The molecular formula is C20H18N4O4. The summed E-state index contributed by atoms with van der Waals surface area (Å²) in [4.78, 5) is 35.5. The molecule has 0 bridgehead atoms. The SMILES string of the molecule is Cc1ccc(CNC(=O)c2nn(-c3ccccc3[N+](=O)[O-])c(C)cc2=O)cc1. The first-order valence-electron chi connectivity index (χ1n) is 8.55. The van der Waals surface area contributed by atoms with Gasteiger partial charge in [-0.15, -0.1) is 0 Å². The molecule has 0 radical (unpaired) electrons. The molecule has 3 rings (SSSR count). The Morgan fingerprint density at radius 3 is 2.50 bits per heavy atom. The van der Waals surface area contributed by atoms with E-state index in [1.165, 1.54) is 28.9 Å². The summed E-state index contributed by atoms with van der Waals surface area (Å²) in [5.41, 5.74) is 1.50. The van der Waals surface area contributed by atoms with E-state index in [0.717, 1.165) is 11.1 Å². The monoisotopic (exact) mass is 378 g/mol. The van der Waals surface area contributed by atoms with Gasteiger partial charge in [-0.05, 0) is 25.5 Å². The predicted octanol–water partition coefficient (Wildman–Crippen LogP) is 2.69. The van der Waals surface area contributed by atoms with Crippen molar-refractivity contribution in [2.75, 3.05) is 0 Å². The average Bonchev–Trinajstić information content (AvgIpc) is 2.67. The fraction of sp³-hybridized carbons (Fsp3) is 0.150. The number of nitro benzene ring substituents is 1. The molecule has 0 spiro atoms. The van der Waals surface area contributed by atoms with Crippen molar-refractivity contribution >= 4 is 11.6 Å². The Balaban J connectivity index is 1.93. The average molecular weight is 378 g/mol. The molecule has 0 aliphatic rings. The van der Waals surface area contributed by atoms with Gasteiger partial charge in [0, 0.05) is 24.4 Å². The van der Waals surface area contributed by atoms with Crippen molar-refractivity contribution in [3.63, 3.8) is 0 Å². The maximum absolute atomic E-state index is 12.5. The van der Waals surface area contributed by atoms with E-state index in [9.17, 15) is 19.7 Å². The van der Waals surface area contributed by atoms with E-state index in [1.54, 1.807) is 13.0 Å². The van der Waals surface area contributed by atoms with E-state index in [0.29, 0.717) is 5.69 Å². The molecule has 0 unspecified atom stereocenters. The third-order valence-electron chi connectivity index (χ3n) is 4.20. The van der Waals surface area contributed by atoms with Crippen LogP contribution in [0, 0.1) is 24.0 Å².